The molecular weight excluding hydrogens is 344 g/mol. The Hall–Kier alpha value is -2.57. The predicted molar refractivity (Wildman–Crippen MR) is 99.8 cm³/mol. The first-order chi connectivity index (χ1) is 13.0. The van der Waals surface area contributed by atoms with Crippen molar-refractivity contribution in [2.24, 2.45) is 5.92 Å². The molecule has 4 amide bonds. The largest absolute Gasteiger partial charge is 0.338 e. The molecule has 0 spiro atoms. The summed E-state index contributed by atoms with van der Waals surface area (Å²) >= 11 is 0. The Kier molecular flexibility index (Phi) is 4.76. The third-order valence-corrected chi connectivity index (χ3v) is 6.05. The summed E-state index contributed by atoms with van der Waals surface area (Å²) in [5, 5.41) is 2.99. The highest BCUT2D eigenvalue weighted by Gasteiger charge is 2.41. The summed E-state index contributed by atoms with van der Waals surface area (Å²) in [5.74, 6) is 0.379. The van der Waals surface area contributed by atoms with Crippen molar-refractivity contribution >= 4 is 17.8 Å². The number of carbonyl (C=O) groups is 3. The lowest BCUT2D eigenvalue weighted by Gasteiger charge is -2.43. The molecule has 1 aromatic carbocycles. The van der Waals surface area contributed by atoms with E-state index >= 15 is 0 Å². The summed E-state index contributed by atoms with van der Waals surface area (Å²) in [5.41, 5.74) is 1.10. The van der Waals surface area contributed by atoms with E-state index in [1.165, 1.54) is 0 Å². The Balaban J connectivity index is 1.31. The average molecular weight is 370 g/mol. The first-order valence-corrected chi connectivity index (χ1v) is 9.67. The van der Waals surface area contributed by atoms with Gasteiger partial charge in [-0.3, -0.25) is 9.59 Å². The number of nitrogens with one attached hydrogen (secondary N) is 1. The Bertz CT molecular complexity index is 732. The molecule has 7 heteroatoms. The number of hydrogen-bond acceptors (Lipinski definition) is 3. The van der Waals surface area contributed by atoms with Gasteiger partial charge >= 0.3 is 6.03 Å². The van der Waals surface area contributed by atoms with E-state index in [0.717, 1.165) is 18.5 Å². The van der Waals surface area contributed by atoms with E-state index < -0.39 is 0 Å². The molecule has 3 saturated heterocycles. The summed E-state index contributed by atoms with van der Waals surface area (Å²) in [7, 11) is 1.83. The lowest BCUT2D eigenvalue weighted by Crippen LogP contribution is -2.63. The molecule has 0 aliphatic carbocycles. The summed E-state index contributed by atoms with van der Waals surface area (Å²) in [6.45, 7) is 2.49. The Morgan fingerprint density at radius 1 is 1.15 bits per heavy atom. The molecule has 0 unspecified atom stereocenters. The minimum atomic E-state index is -0.105. The fraction of sp³-hybridized carbons (Fsp3) is 0.550. The van der Waals surface area contributed by atoms with E-state index in [-0.39, 0.29) is 35.8 Å². The van der Waals surface area contributed by atoms with Gasteiger partial charge in [-0.05, 0) is 12.0 Å². The van der Waals surface area contributed by atoms with Crippen LogP contribution in [0.15, 0.2) is 30.3 Å². The van der Waals surface area contributed by atoms with Crippen LogP contribution in [0.25, 0.3) is 0 Å². The molecule has 0 radical (unpaired) electrons. The molecule has 2 atom stereocenters. The van der Waals surface area contributed by atoms with E-state index in [4.69, 9.17) is 0 Å². The van der Waals surface area contributed by atoms with Crippen LogP contribution < -0.4 is 5.32 Å². The van der Waals surface area contributed by atoms with Gasteiger partial charge in [0.05, 0.1) is 12.1 Å². The first kappa shape index (κ1) is 17.8. The van der Waals surface area contributed by atoms with Crippen LogP contribution in [0.4, 0.5) is 4.79 Å². The van der Waals surface area contributed by atoms with Crippen LogP contribution in [0, 0.1) is 5.92 Å². The molecule has 3 heterocycles. The summed E-state index contributed by atoms with van der Waals surface area (Å²) in [6, 6.07) is 10.0. The third kappa shape index (κ3) is 3.38. The van der Waals surface area contributed by atoms with Crippen molar-refractivity contribution in [3.8, 4) is 0 Å². The first-order valence-electron chi connectivity index (χ1n) is 9.67. The zero-order valence-corrected chi connectivity index (χ0v) is 15.6. The van der Waals surface area contributed by atoms with Crippen molar-refractivity contribution in [1.29, 1.82) is 0 Å². The molecule has 0 bridgehead atoms. The number of likely N-dealkylation sites (tertiary alicyclic amines) is 3. The fourth-order valence-electron chi connectivity index (χ4n) is 4.48. The zero-order valence-electron chi connectivity index (χ0n) is 15.6. The normalized spacial score (nSPS) is 25.9. The van der Waals surface area contributed by atoms with Gasteiger partial charge in [0.1, 0.15) is 0 Å². The molecule has 1 aromatic rings. The molecule has 4 rings (SSSR count). The van der Waals surface area contributed by atoms with Crippen LogP contribution in [0.1, 0.15) is 30.9 Å². The van der Waals surface area contributed by atoms with Crippen molar-refractivity contribution in [3.63, 3.8) is 0 Å². The van der Waals surface area contributed by atoms with Crippen LogP contribution >= 0.6 is 0 Å². The van der Waals surface area contributed by atoms with Gasteiger partial charge in [0, 0.05) is 52.0 Å². The third-order valence-electron chi connectivity index (χ3n) is 6.05. The van der Waals surface area contributed by atoms with Gasteiger partial charge in [0.25, 0.3) is 0 Å². The SMILES string of the molecule is CN1C(=O)C[C@H](CNC(=O)N2CC(N3CCCC3=O)C2)[C@H]1c1ccccc1. The van der Waals surface area contributed by atoms with Crippen LogP contribution in [0.3, 0.4) is 0 Å². The van der Waals surface area contributed by atoms with Crippen molar-refractivity contribution in [3.05, 3.63) is 35.9 Å². The Morgan fingerprint density at radius 2 is 1.89 bits per heavy atom. The van der Waals surface area contributed by atoms with Crippen molar-refractivity contribution < 1.29 is 14.4 Å². The molecular formula is C20H26N4O3. The summed E-state index contributed by atoms with van der Waals surface area (Å²) < 4.78 is 0. The van der Waals surface area contributed by atoms with Gasteiger partial charge < -0.3 is 20.0 Å². The van der Waals surface area contributed by atoms with Crippen LogP contribution in [-0.2, 0) is 9.59 Å². The van der Waals surface area contributed by atoms with E-state index in [9.17, 15) is 14.4 Å². The molecule has 1 N–H and O–H groups in total. The van der Waals surface area contributed by atoms with Crippen molar-refractivity contribution in [2.45, 2.75) is 31.3 Å². The maximum absolute atomic E-state index is 12.4. The van der Waals surface area contributed by atoms with E-state index in [1.54, 1.807) is 9.80 Å². The molecule has 144 valence electrons. The average Bonchev–Trinajstić information content (AvgIpc) is 3.16. The Morgan fingerprint density at radius 3 is 2.56 bits per heavy atom. The minimum Gasteiger partial charge on any atom is -0.338 e. The lowest BCUT2D eigenvalue weighted by atomic mass is 9.93. The predicted octanol–water partition coefficient (Wildman–Crippen LogP) is 1.22. The van der Waals surface area contributed by atoms with Crippen LogP contribution in [0.2, 0.25) is 0 Å². The minimum absolute atomic E-state index is 0.00893. The number of hydrogen-bond donors (Lipinski definition) is 1. The topological polar surface area (TPSA) is 73.0 Å². The molecule has 27 heavy (non-hydrogen) atoms. The standard InChI is InChI=1S/C20H26N4O3/c1-22-18(26)10-15(19(22)14-6-3-2-4-7-14)11-21-20(27)23-12-16(13-23)24-9-5-8-17(24)25/h2-4,6-7,15-16,19H,5,8-13H2,1H3,(H,21,27)/t15-,19-/m1/s1. The number of benzene rings is 1. The Labute approximate surface area is 159 Å². The maximum atomic E-state index is 12.4. The van der Waals surface area contributed by atoms with Gasteiger partial charge in [-0.15, -0.1) is 0 Å². The molecule has 3 fully saturated rings. The molecule has 7 nitrogen and oxygen atoms in total. The van der Waals surface area contributed by atoms with Crippen LogP contribution in [-0.4, -0.2) is 71.8 Å². The lowest BCUT2D eigenvalue weighted by molar-refractivity contribution is -0.132. The van der Waals surface area contributed by atoms with Crippen molar-refractivity contribution in [2.75, 3.05) is 33.2 Å². The number of carbonyl (C=O) groups excluding carboxylic acids is 3. The fourth-order valence-corrected chi connectivity index (χ4v) is 4.48. The highest BCUT2D eigenvalue weighted by molar-refractivity contribution is 5.81. The monoisotopic (exact) mass is 370 g/mol. The second-order valence-corrected chi connectivity index (χ2v) is 7.76. The summed E-state index contributed by atoms with van der Waals surface area (Å²) in [4.78, 5) is 41.9. The van der Waals surface area contributed by atoms with Gasteiger partial charge in [-0.2, -0.15) is 0 Å². The maximum Gasteiger partial charge on any atom is 0.317 e. The zero-order chi connectivity index (χ0) is 19.0. The van der Waals surface area contributed by atoms with Crippen LogP contribution in [0.5, 0.6) is 0 Å². The van der Waals surface area contributed by atoms with Gasteiger partial charge in [0.15, 0.2) is 0 Å². The highest BCUT2D eigenvalue weighted by Crippen LogP contribution is 2.36. The number of nitrogens with zero attached hydrogens (tertiary/aromatic N) is 3. The number of rotatable bonds is 4. The molecule has 0 aromatic heterocycles. The second kappa shape index (κ2) is 7.21. The van der Waals surface area contributed by atoms with Gasteiger partial charge in [0.2, 0.25) is 11.8 Å². The van der Waals surface area contributed by atoms with E-state index in [1.807, 2.05) is 42.3 Å². The molecule has 0 saturated carbocycles. The number of urea groups is 1. The number of amides is 4. The van der Waals surface area contributed by atoms with Gasteiger partial charge in [-0.1, -0.05) is 30.3 Å². The second-order valence-electron chi connectivity index (χ2n) is 7.76. The highest BCUT2D eigenvalue weighted by atomic mass is 16.2. The quantitative estimate of drug-likeness (QED) is 0.866. The van der Waals surface area contributed by atoms with Crippen molar-refractivity contribution in [1.82, 2.24) is 20.0 Å². The van der Waals surface area contributed by atoms with Gasteiger partial charge in [-0.25, -0.2) is 4.79 Å². The molecule has 3 aliphatic heterocycles. The van der Waals surface area contributed by atoms with E-state index in [2.05, 4.69) is 5.32 Å². The van der Waals surface area contributed by atoms with E-state index in [0.29, 0.717) is 32.5 Å². The summed E-state index contributed by atoms with van der Waals surface area (Å²) in [6.07, 6.45) is 2.00. The molecule has 3 aliphatic rings. The smallest absolute Gasteiger partial charge is 0.317 e.